The Balaban J connectivity index is 4.35. The van der Waals surface area contributed by atoms with E-state index in [1.54, 1.807) is 23.5 Å². The SMILES string of the molecule is CSCCC(N)C(=O)S(=O)C(=O)C(N)CCSC. The number of carbonyl (C=O) groups is 2. The van der Waals surface area contributed by atoms with E-state index in [1.165, 1.54) is 0 Å². The van der Waals surface area contributed by atoms with Crippen molar-refractivity contribution in [3.05, 3.63) is 0 Å². The highest BCUT2D eigenvalue weighted by Gasteiger charge is 2.29. The first kappa shape index (κ1) is 18.1. The molecule has 18 heavy (non-hydrogen) atoms. The highest BCUT2D eigenvalue weighted by atomic mass is 32.2. The van der Waals surface area contributed by atoms with Gasteiger partial charge in [0.2, 0.25) is 10.2 Å². The van der Waals surface area contributed by atoms with Gasteiger partial charge in [-0.25, -0.2) is 4.21 Å². The molecule has 0 aliphatic heterocycles. The molecule has 0 aliphatic rings. The second-order valence-corrected chi connectivity index (χ2v) is 7.00. The molecule has 0 fully saturated rings. The predicted octanol–water partition coefficient (Wildman–Crippen LogP) is -0.0509. The van der Waals surface area contributed by atoms with Gasteiger partial charge in [-0.2, -0.15) is 23.5 Å². The number of nitrogens with two attached hydrogens (primary N) is 2. The van der Waals surface area contributed by atoms with Crippen LogP contribution in [-0.2, 0) is 20.4 Å². The Labute approximate surface area is 119 Å². The fourth-order valence-corrected chi connectivity index (χ4v) is 3.06. The summed E-state index contributed by atoms with van der Waals surface area (Å²) in [5.74, 6) is 1.38. The van der Waals surface area contributed by atoms with Gasteiger partial charge in [0.25, 0.3) is 0 Å². The number of thioether (sulfide) groups is 2. The molecule has 0 aromatic carbocycles. The van der Waals surface area contributed by atoms with Crippen LogP contribution in [0.2, 0.25) is 0 Å². The zero-order chi connectivity index (χ0) is 14.1. The molecule has 0 saturated carbocycles. The van der Waals surface area contributed by atoms with Crippen LogP contribution in [0.1, 0.15) is 12.8 Å². The lowest BCUT2D eigenvalue weighted by molar-refractivity contribution is -0.115. The van der Waals surface area contributed by atoms with Crippen LogP contribution in [0.15, 0.2) is 0 Å². The van der Waals surface area contributed by atoms with E-state index in [-0.39, 0.29) is 0 Å². The molecule has 0 rings (SSSR count). The fraction of sp³-hybridized carbons (Fsp3) is 0.800. The lowest BCUT2D eigenvalue weighted by Gasteiger charge is -2.11. The topological polar surface area (TPSA) is 103 Å². The summed E-state index contributed by atoms with van der Waals surface area (Å²) in [6.07, 6.45) is 4.60. The molecule has 0 bridgehead atoms. The van der Waals surface area contributed by atoms with E-state index < -0.39 is 33.1 Å². The fourth-order valence-electron chi connectivity index (χ4n) is 1.10. The van der Waals surface area contributed by atoms with Crippen molar-refractivity contribution < 1.29 is 13.8 Å². The van der Waals surface area contributed by atoms with E-state index in [2.05, 4.69) is 0 Å². The zero-order valence-corrected chi connectivity index (χ0v) is 13.0. The first-order chi connectivity index (χ1) is 8.45. The molecule has 0 saturated heterocycles. The average Bonchev–Trinajstić information content (AvgIpc) is 2.39. The van der Waals surface area contributed by atoms with Crippen molar-refractivity contribution in [1.82, 2.24) is 0 Å². The van der Waals surface area contributed by atoms with Crippen LogP contribution in [0.3, 0.4) is 0 Å². The summed E-state index contributed by atoms with van der Waals surface area (Å²) in [6, 6.07) is -1.70. The van der Waals surface area contributed by atoms with Gasteiger partial charge >= 0.3 is 0 Å². The van der Waals surface area contributed by atoms with Gasteiger partial charge in [-0.05, 0) is 36.9 Å². The molecule has 0 aliphatic carbocycles. The van der Waals surface area contributed by atoms with Gasteiger partial charge in [0.1, 0.15) is 0 Å². The Bertz CT molecular complexity index is 285. The highest BCUT2D eigenvalue weighted by Crippen LogP contribution is 2.06. The molecule has 106 valence electrons. The van der Waals surface area contributed by atoms with Gasteiger partial charge in [0, 0.05) is 0 Å². The van der Waals surface area contributed by atoms with E-state index in [0.29, 0.717) is 24.3 Å². The van der Waals surface area contributed by atoms with Crippen molar-refractivity contribution >= 4 is 44.6 Å². The maximum absolute atomic E-state index is 11.7. The minimum Gasteiger partial charge on any atom is -0.321 e. The normalized spacial score (nSPS) is 16.0. The van der Waals surface area contributed by atoms with Gasteiger partial charge in [-0.1, -0.05) is 0 Å². The summed E-state index contributed by atoms with van der Waals surface area (Å²) in [6.45, 7) is 0. The molecule has 0 amide bonds. The molecular weight excluding hydrogens is 292 g/mol. The van der Waals surface area contributed by atoms with Crippen LogP contribution in [0.5, 0.6) is 0 Å². The minimum atomic E-state index is -2.22. The van der Waals surface area contributed by atoms with Crippen molar-refractivity contribution in [2.75, 3.05) is 24.0 Å². The smallest absolute Gasteiger partial charge is 0.243 e. The van der Waals surface area contributed by atoms with Crippen LogP contribution in [0, 0.1) is 0 Å². The summed E-state index contributed by atoms with van der Waals surface area (Å²) in [5, 5.41) is -1.43. The second kappa shape index (κ2) is 9.96. The van der Waals surface area contributed by atoms with E-state index in [0.717, 1.165) is 0 Å². The first-order valence-electron chi connectivity index (χ1n) is 5.44. The van der Waals surface area contributed by atoms with Crippen molar-refractivity contribution in [1.29, 1.82) is 0 Å². The molecular formula is C10H20N2O3S3. The van der Waals surface area contributed by atoms with Gasteiger partial charge in [-0.15, -0.1) is 0 Å². The third kappa shape index (κ3) is 6.33. The van der Waals surface area contributed by atoms with E-state index >= 15 is 0 Å². The zero-order valence-electron chi connectivity index (χ0n) is 10.6. The van der Waals surface area contributed by atoms with Gasteiger partial charge in [0.05, 0.1) is 12.1 Å². The second-order valence-electron chi connectivity index (χ2n) is 3.68. The van der Waals surface area contributed by atoms with E-state index in [1.807, 2.05) is 12.5 Å². The molecule has 0 aromatic heterocycles. The Morgan fingerprint density at radius 1 is 1.00 bits per heavy atom. The molecule has 0 radical (unpaired) electrons. The number of hydrogen-bond donors (Lipinski definition) is 2. The molecule has 2 atom stereocenters. The van der Waals surface area contributed by atoms with Gasteiger partial charge in [0.15, 0.2) is 10.8 Å². The molecule has 0 spiro atoms. The summed E-state index contributed by atoms with van der Waals surface area (Å²) in [7, 11) is -2.22. The van der Waals surface area contributed by atoms with Crippen LogP contribution in [0.4, 0.5) is 0 Å². The standard InChI is InChI=1S/C10H20N2O3S3/c1-16-5-3-7(11)9(13)18(15)10(14)8(12)4-6-17-2/h7-8H,3-6,11-12H2,1-2H3. The highest BCUT2D eigenvalue weighted by molar-refractivity contribution is 8.13. The molecule has 5 nitrogen and oxygen atoms in total. The lowest BCUT2D eigenvalue weighted by atomic mass is 10.3. The molecule has 2 unspecified atom stereocenters. The Morgan fingerprint density at radius 2 is 1.33 bits per heavy atom. The Kier molecular flexibility index (Phi) is 10.0. The quantitative estimate of drug-likeness (QED) is 0.647. The Morgan fingerprint density at radius 3 is 1.61 bits per heavy atom. The largest absolute Gasteiger partial charge is 0.321 e. The molecule has 4 N–H and O–H groups in total. The van der Waals surface area contributed by atoms with E-state index in [9.17, 15) is 13.8 Å². The summed E-state index contributed by atoms with van der Waals surface area (Å²) in [4.78, 5) is 23.3. The first-order valence-corrected chi connectivity index (χ1v) is 9.38. The number of hydrogen-bond acceptors (Lipinski definition) is 7. The van der Waals surface area contributed by atoms with Crippen molar-refractivity contribution in [2.45, 2.75) is 24.9 Å². The lowest BCUT2D eigenvalue weighted by Crippen LogP contribution is -2.42. The van der Waals surface area contributed by atoms with E-state index in [4.69, 9.17) is 11.5 Å². The van der Waals surface area contributed by atoms with Crippen molar-refractivity contribution in [3.63, 3.8) is 0 Å². The maximum Gasteiger partial charge on any atom is 0.243 e. The van der Waals surface area contributed by atoms with Gasteiger partial charge < -0.3 is 11.5 Å². The maximum atomic E-state index is 11.7. The number of carbonyl (C=O) groups excluding carboxylic acids is 2. The Hall–Kier alpha value is 0.110. The van der Waals surface area contributed by atoms with Crippen molar-refractivity contribution in [2.24, 2.45) is 11.5 Å². The van der Waals surface area contributed by atoms with Gasteiger partial charge in [-0.3, -0.25) is 9.59 Å². The predicted molar refractivity (Wildman–Crippen MR) is 80.1 cm³/mol. The average molecular weight is 312 g/mol. The summed E-state index contributed by atoms with van der Waals surface area (Å²) >= 11 is 3.08. The van der Waals surface area contributed by atoms with Crippen molar-refractivity contribution in [3.8, 4) is 0 Å². The van der Waals surface area contributed by atoms with Crippen LogP contribution >= 0.6 is 23.5 Å². The third-order valence-corrected chi connectivity index (χ3v) is 4.86. The monoisotopic (exact) mass is 312 g/mol. The molecule has 0 aromatic rings. The summed E-state index contributed by atoms with van der Waals surface area (Å²) in [5.41, 5.74) is 11.2. The van der Waals surface area contributed by atoms with Crippen LogP contribution < -0.4 is 11.5 Å². The summed E-state index contributed by atoms with van der Waals surface area (Å²) < 4.78 is 11.7. The number of rotatable bonds is 8. The van der Waals surface area contributed by atoms with Crippen LogP contribution in [0.25, 0.3) is 0 Å². The minimum absolute atomic E-state index is 0.416. The molecule has 8 heteroatoms. The third-order valence-electron chi connectivity index (χ3n) is 2.24. The molecule has 0 heterocycles. The van der Waals surface area contributed by atoms with Crippen LogP contribution in [-0.4, -0.2) is 50.5 Å².